The van der Waals surface area contributed by atoms with Gasteiger partial charge in [0, 0.05) is 39.6 Å². The van der Waals surface area contributed by atoms with Crippen LogP contribution in [0.3, 0.4) is 0 Å². The van der Waals surface area contributed by atoms with E-state index in [2.05, 4.69) is 25.3 Å². The van der Waals surface area contributed by atoms with E-state index >= 15 is 0 Å². The monoisotopic (exact) mass is 788 g/mol. The van der Waals surface area contributed by atoms with Crippen molar-refractivity contribution in [1.82, 2.24) is 9.97 Å². The fourth-order valence-electron chi connectivity index (χ4n) is 5.30. The predicted octanol–water partition coefficient (Wildman–Crippen LogP) is 9.24. The van der Waals surface area contributed by atoms with Crippen LogP contribution in [0, 0.1) is 13.8 Å². The Balaban J connectivity index is 0.000000203. The molecular weight excluding hydrogens is 753 g/mol. The summed E-state index contributed by atoms with van der Waals surface area (Å²) in [5, 5.41) is 9.25. The van der Waals surface area contributed by atoms with Crippen LogP contribution < -0.4 is 25.8 Å². The summed E-state index contributed by atoms with van der Waals surface area (Å²) < 4.78 is 33.2. The Hall–Kier alpha value is -6.35. The SMILES string of the molecule is COc1cccc(S(=O)(=O)Nc2cccc(Nc3ncc(C(=O)c4ccccc4C)s3)c2)c1.Cc1ccccc1C(=O)c1csc(Nc2cccc(N)c2)n1. The Morgan fingerprint density at radius 2 is 1.33 bits per heavy atom. The number of carbonyl (C=O) groups excluding carboxylic acids is 2. The molecule has 55 heavy (non-hydrogen) atoms. The Bertz CT molecular complexity index is 2590. The van der Waals surface area contributed by atoms with E-state index in [-0.39, 0.29) is 16.5 Å². The molecule has 0 unspecified atom stereocenters. The van der Waals surface area contributed by atoms with Gasteiger partial charge in [0.1, 0.15) is 11.4 Å². The van der Waals surface area contributed by atoms with Gasteiger partial charge in [0.2, 0.25) is 11.6 Å². The molecule has 5 aromatic carbocycles. The molecule has 0 bridgehead atoms. The number of methoxy groups -OCH3 is 1. The zero-order valence-corrected chi connectivity index (χ0v) is 32.4. The maximum atomic E-state index is 12.8. The summed E-state index contributed by atoms with van der Waals surface area (Å²) >= 11 is 2.63. The highest BCUT2D eigenvalue weighted by Crippen LogP contribution is 2.28. The fraction of sp³-hybridized carbons (Fsp3) is 0.0732. The molecule has 7 rings (SSSR count). The molecule has 11 nitrogen and oxygen atoms in total. The molecule has 0 aliphatic heterocycles. The van der Waals surface area contributed by atoms with E-state index in [1.165, 1.54) is 48.1 Å². The largest absolute Gasteiger partial charge is 0.497 e. The van der Waals surface area contributed by atoms with Gasteiger partial charge in [-0.2, -0.15) is 0 Å². The zero-order valence-electron chi connectivity index (χ0n) is 29.9. The van der Waals surface area contributed by atoms with Crippen molar-refractivity contribution in [2.45, 2.75) is 18.7 Å². The van der Waals surface area contributed by atoms with Crippen molar-refractivity contribution in [2.24, 2.45) is 0 Å². The maximum absolute atomic E-state index is 12.8. The minimum absolute atomic E-state index is 0.0602. The number of aryl methyl sites for hydroxylation is 2. The molecule has 2 aromatic heterocycles. The summed E-state index contributed by atoms with van der Waals surface area (Å²) in [7, 11) is -2.31. The number of hydrogen-bond donors (Lipinski definition) is 4. The van der Waals surface area contributed by atoms with Gasteiger partial charge in [-0.1, -0.05) is 78.1 Å². The smallest absolute Gasteiger partial charge is 0.262 e. The number of nitrogen functional groups attached to an aromatic ring is 1. The predicted molar refractivity (Wildman–Crippen MR) is 221 cm³/mol. The van der Waals surface area contributed by atoms with Crippen molar-refractivity contribution in [2.75, 3.05) is 28.2 Å². The van der Waals surface area contributed by atoms with Crippen molar-refractivity contribution in [1.29, 1.82) is 0 Å². The summed E-state index contributed by atoms with van der Waals surface area (Å²) in [6, 6.07) is 35.4. The third kappa shape index (κ3) is 9.80. The van der Waals surface area contributed by atoms with E-state index in [1.807, 2.05) is 80.6 Å². The molecule has 0 radical (unpaired) electrons. The lowest BCUT2D eigenvalue weighted by atomic mass is 10.0. The lowest BCUT2D eigenvalue weighted by Gasteiger charge is -2.11. The van der Waals surface area contributed by atoms with E-state index < -0.39 is 10.0 Å². The lowest BCUT2D eigenvalue weighted by Crippen LogP contribution is -2.13. The topological polar surface area (TPSA) is 165 Å². The Kier molecular flexibility index (Phi) is 12.0. The molecule has 278 valence electrons. The molecule has 2 heterocycles. The number of aromatic nitrogens is 2. The average molecular weight is 789 g/mol. The highest BCUT2D eigenvalue weighted by molar-refractivity contribution is 7.92. The summed E-state index contributed by atoms with van der Waals surface area (Å²) in [5.74, 6) is 0.307. The number of hydrogen-bond acceptors (Lipinski definition) is 12. The van der Waals surface area contributed by atoms with E-state index in [1.54, 1.807) is 47.8 Å². The highest BCUT2D eigenvalue weighted by atomic mass is 32.2. The Morgan fingerprint density at radius 1 is 0.709 bits per heavy atom. The van der Waals surface area contributed by atoms with Gasteiger partial charge in [0.25, 0.3) is 10.0 Å². The van der Waals surface area contributed by atoms with Gasteiger partial charge in [-0.15, -0.1) is 11.3 Å². The minimum Gasteiger partial charge on any atom is -0.497 e. The van der Waals surface area contributed by atoms with Crippen molar-refractivity contribution < 1.29 is 22.7 Å². The molecule has 0 atom stereocenters. The maximum Gasteiger partial charge on any atom is 0.262 e. The molecule has 0 amide bonds. The van der Waals surface area contributed by atoms with E-state index in [9.17, 15) is 18.0 Å². The number of ketones is 2. The van der Waals surface area contributed by atoms with Crippen LogP contribution in [-0.2, 0) is 10.0 Å². The van der Waals surface area contributed by atoms with Gasteiger partial charge in [-0.3, -0.25) is 14.3 Å². The zero-order chi connectivity index (χ0) is 39.0. The van der Waals surface area contributed by atoms with Crippen molar-refractivity contribution in [3.63, 3.8) is 0 Å². The van der Waals surface area contributed by atoms with Crippen LogP contribution in [0.2, 0.25) is 0 Å². The Morgan fingerprint density at radius 3 is 2.02 bits per heavy atom. The molecule has 14 heteroatoms. The first-order valence-electron chi connectivity index (χ1n) is 16.8. The fourth-order valence-corrected chi connectivity index (χ4v) is 7.89. The number of benzene rings is 5. The average Bonchev–Trinajstić information content (AvgIpc) is 3.85. The van der Waals surface area contributed by atoms with Gasteiger partial charge in [0.15, 0.2) is 10.3 Å². The number of thiazole rings is 2. The van der Waals surface area contributed by atoms with Gasteiger partial charge in [-0.05, 0) is 73.5 Å². The molecule has 0 aliphatic rings. The first-order valence-corrected chi connectivity index (χ1v) is 20.0. The standard InChI is InChI=1S/C24H21N3O4S2.C17H15N3OS/c1-16-7-3-4-12-21(16)23(28)22-15-25-24(32-22)26-17-8-5-9-18(13-17)27-33(29,30)20-11-6-10-19(14-20)31-2;1-11-5-2-3-8-14(11)16(21)15-10-22-17(20-15)19-13-7-4-6-12(18)9-13/h3-15,27H,1-2H3,(H,25,26);2-10H,18H2,1H3,(H,19,20). The molecule has 0 fully saturated rings. The van der Waals surface area contributed by atoms with E-state index in [4.69, 9.17) is 10.5 Å². The third-order valence-corrected chi connectivity index (χ3v) is 11.1. The van der Waals surface area contributed by atoms with E-state index in [0.717, 1.165) is 16.8 Å². The molecule has 5 N–H and O–H groups in total. The van der Waals surface area contributed by atoms with Gasteiger partial charge >= 0.3 is 0 Å². The van der Waals surface area contributed by atoms with Gasteiger partial charge < -0.3 is 21.1 Å². The number of sulfonamides is 1. The molecule has 0 spiro atoms. The lowest BCUT2D eigenvalue weighted by molar-refractivity contribution is 0.102. The number of anilines is 6. The van der Waals surface area contributed by atoms with Crippen LogP contribution in [0.5, 0.6) is 5.75 Å². The number of nitrogens with one attached hydrogen (secondary N) is 3. The number of rotatable bonds is 12. The number of carbonyl (C=O) groups is 2. The second-order valence-electron chi connectivity index (χ2n) is 12.1. The summed E-state index contributed by atoms with van der Waals surface area (Å²) in [4.78, 5) is 34.5. The van der Waals surface area contributed by atoms with Crippen LogP contribution in [0.1, 0.15) is 42.4 Å². The van der Waals surface area contributed by atoms with Crippen LogP contribution in [0.25, 0.3) is 0 Å². The minimum atomic E-state index is -3.79. The quantitative estimate of drug-likeness (QED) is 0.0693. The number of nitrogens with zero attached hydrogens (tertiary/aromatic N) is 2. The van der Waals surface area contributed by atoms with Crippen LogP contribution in [0.4, 0.5) is 33.0 Å². The van der Waals surface area contributed by atoms with Gasteiger partial charge in [-0.25, -0.2) is 18.4 Å². The molecule has 7 aromatic rings. The van der Waals surface area contributed by atoms with Gasteiger partial charge in [0.05, 0.1) is 28.8 Å². The third-order valence-electron chi connectivity index (χ3n) is 8.10. The summed E-state index contributed by atoms with van der Waals surface area (Å²) in [5.41, 5.74) is 11.9. The highest BCUT2D eigenvalue weighted by Gasteiger charge is 2.18. The second-order valence-corrected chi connectivity index (χ2v) is 15.7. The van der Waals surface area contributed by atoms with Crippen LogP contribution >= 0.6 is 22.7 Å². The first kappa shape index (κ1) is 38.4. The van der Waals surface area contributed by atoms with Crippen molar-refractivity contribution in [3.05, 3.63) is 166 Å². The number of nitrogens with two attached hydrogens (primary N) is 1. The first-order chi connectivity index (χ1) is 26.5. The summed E-state index contributed by atoms with van der Waals surface area (Å²) in [6.07, 6.45) is 1.54. The molecule has 0 saturated carbocycles. The van der Waals surface area contributed by atoms with Crippen LogP contribution in [-0.4, -0.2) is 37.1 Å². The Labute approximate surface area is 327 Å². The molecular formula is C41H36N6O5S3. The van der Waals surface area contributed by atoms with E-state index in [0.29, 0.717) is 54.8 Å². The van der Waals surface area contributed by atoms with Crippen molar-refractivity contribution >= 4 is 77.3 Å². The normalized spacial score (nSPS) is 10.8. The van der Waals surface area contributed by atoms with Crippen molar-refractivity contribution in [3.8, 4) is 5.75 Å². The molecule has 0 saturated heterocycles. The van der Waals surface area contributed by atoms with Crippen LogP contribution in [0.15, 0.2) is 138 Å². The second kappa shape index (κ2) is 17.2. The summed E-state index contributed by atoms with van der Waals surface area (Å²) in [6.45, 7) is 3.82. The number of ether oxygens (including phenoxy) is 1. The molecule has 0 aliphatic carbocycles.